The van der Waals surface area contributed by atoms with E-state index in [4.69, 9.17) is 11.6 Å². The molecule has 5 heteroatoms. The molecular weight excluding hydrogens is 226 g/mol. The minimum atomic E-state index is -0.333. The van der Waals surface area contributed by atoms with E-state index in [-0.39, 0.29) is 5.69 Å². The lowest BCUT2D eigenvalue weighted by Gasteiger charge is -2.05. The molecule has 4 nitrogen and oxygen atoms in total. The van der Waals surface area contributed by atoms with Crippen LogP contribution in [0.2, 0.25) is 5.02 Å². The minimum Gasteiger partial charge on any atom is -0.319 e. The van der Waals surface area contributed by atoms with Gasteiger partial charge in [0.2, 0.25) is 0 Å². The molecule has 0 aliphatic heterocycles. The van der Waals surface area contributed by atoms with Crippen LogP contribution in [0.15, 0.2) is 23.0 Å². The molecule has 0 amide bonds. The molecule has 0 saturated carbocycles. The maximum atomic E-state index is 11.3. The van der Waals surface area contributed by atoms with Crippen LogP contribution in [0.1, 0.15) is 5.69 Å². The summed E-state index contributed by atoms with van der Waals surface area (Å²) in [6.07, 6.45) is 0.756. The molecule has 0 unspecified atom stereocenters. The number of aromatic amines is 1. The van der Waals surface area contributed by atoms with Crippen LogP contribution in [0, 0.1) is 0 Å². The normalized spacial score (nSPS) is 10.9. The first-order valence-electron chi connectivity index (χ1n) is 5.04. The van der Waals surface area contributed by atoms with E-state index >= 15 is 0 Å². The summed E-state index contributed by atoms with van der Waals surface area (Å²) >= 11 is 5.86. The van der Waals surface area contributed by atoms with Gasteiger partial charge in [-0.2, -0.15) is 4.98 Å². The van der Waals surface area contributed by atoms with Gasteiger partial charge >= 0.3 is 5.69 Å². The topological polar surface area (TPSA) is 57.8 Å². The highest BCUT2D eigenvalue weighted by molar-refractivity contribution is 6.31. The Kier molecular flexibility index (Phi) is 3.22. The lowest BCUT2D eigenvalue weighted by Crippen LogP contribution is -2.17. The first kappa shape index (κ1) is 11.1. The van der Waals surface area contributed by atoms with Crippen LogP contribution in [0.4, 0.5) is 0 Å². The quantitative estimate of drug-likeness (QED) is 0.847. The average molecular weight is 238 g/mol. The zero-order valence-corrected chi connectivity index (χ0v) is 9.64. The maximum absolute atomic E-state index is 11.3. The molecule has 2 aromatic rings. The molecule has 0 aliphatic rings. The van der Waals surface area contributed by atoms with Gasteiger partial charge in [-0.3, -0.25) is 0 Å². The number of likely N-dealkylation sites (N-methyl/N-ethyl adjacent to an activating group) is 1. The highest BCUT2D eigenvalue weighted by Gasteiger charge is 2.04. The fraction of sp³-hybridized carbons (Fsp3) is 0.273. The number of aromatic nitrogens is 2. The Bertz CT molecular complexity index is 565. The van der Waals surface area contributed by atoms with Crippen molar-refractivity contribution in [2.45, 2.75) is 6.42 Å². The minimum absolute atomic E-state index is 0.333. The van der Waals surface area contributed by atoms with E-state index in [1.165, 1.54) is 0 Å². The van der Waals surface area contributed by atoms with E-state index < -0.39 is 0 Å². The van der Waals surface area contributed by atoms with Crippen molar-refractivity contribution in [1.82, 2.24) is 15.3 Å². The van der Waals surface area contributed by atoms with Gasteiger partial charge in [-0.1, -0.05) is 11.6 Å². The Labute approximate surface area is 97.7 Å². The van der Waals surface area contributed by atoms with Crippen molar-refractivity contribution in [1.29, 1.82) is 0 Å². The molecule has 0 fully saturated rings. The van der Waals surface area contributed by atoms with Gasteiger partial charge in [0.05, 0.1) is 5.52 Å². The smallest absolute Gasteiger partial charge is 0.319 e. The molecule has 16 heavy (non-hydrogen) atoms. The van der Waals surface area contributed by atoms with E-state index in [9.17, 15) is 4.79 Å². The molecule has 2 rings (SSSR count). The van der Waals surface area contributed by atoms with Crippen molar-refractivity contribution in [2.24, 2.45) is 0 Å². The summed E-state index contributed by atoms with van der Waals surface area (Å²) in [5, 5.41) is 4.58. The molecule has 0 atom stereocenters. The van der Waals surface area contributed by atoms with Crippen LogP contribution >= 0.6 is 11.6 Å². The van der Waals surface area contributed by atoms with Gasteiger partial charge in [0, 0.05) is 29.1 Å². The van der Waals surface area contributed by atoms with E-state index in [2.05, 4.69) is 15.3 Å². The fourth-order valence-corrected chi connectivity index (χ4v) is 1.80. The number of benzene rings is 1. The molecule has 0 aliphatic carbocycles. The van der Waals surface area contributed by atoms with Gasteiger partial charge in [0.15, 0.2) is 0 Å². The van der Waals surface area contributed by atoms with Gasteiger partial charge in [0.1, 0.15) is 0 Å². The summed E-state index contributed by atoms with van der Waals surface area (Å²) < 4.78 is 0. The molecule has 1 heterocycles. The predicted molar refractivity (Wildman–Crippen MR) is 65.0 cm³/mol. The van der Waals surface area contributed by atoms with Crippen molar-refractivity contribution in [3.8, 4) is 0 Å². The summed E-state index contributed by atoms with van der Waals surface area (Å²) in [4.78, 5) is 18.0. The van der Waals surface area contributed by atoms with Crippen LogP contribution in [0.5, 0.6) is 0 Å². The number of fused-ring (bicyclic) bond motifs is 1. The average Bonchev–Trinajstić information content (AvgIpc) is 2.25. The molecule has 0 spiro atoms. The number of nitrogens with one attached hydrogen (secondary N) is 2. The van der Waals surface area contributed by atoms with Gasteiger partial charge in [-0.05, 0) is 25.2 Å². The van der Waals surface area contributed by atoms with Crippen molar-refractivity contribution in [2.75, 3.05) is 13.6 Å². The molecule has 2 N–H and O–H groups in total. The maximum Gasteiger partial charge on any atom is 0.345 e. The third-order valence-electron chi connectivity index (χ3n) is 2.39. The number of halogens is 1. The standard InChI is InChI=1S/C11H12ClN3O/c1-13-5-4-9-8-3-2-7(12)6-10(8)15-11(16)14-9/h2-3,6,13H,4-5H2,1H3,(H,14,15,16). The summed E-state index contributed by atoms with van der Waals surface area (Å²) in [6, 6.07) is 5.38. The SMILES string of the molecule is CNCCc1[nH]c(=O)nc2cc(Cl)ccc12. The Balaban J connectivity index is 2.58. The van der Waals surface area contributed by atoms with Crippen molar-refractivity contribution < 1.29 is 0 Å². The largest absolute Gasteiger partial charge is 0.345 e. The number of hydrogen-bond acceptors (Lipinski definition) is 3. The van der Waals surface area contributed by atoms with Gasteiger partial charge in [-0.25, -0.2) is 4.79 Å². The van der Waals surface area contributed by atoms with E-state index in [0.29, 0.717) is 10.5 Å². The van der Waals surface area contributed by atoms with Gasteiger partial charge < -0.3 is 10.3 Å². The fourth-order valence-electron chi connectivity index (χ4n) is 1.63. The first-order valence-corrected chi connectivity index (χ1v) is 5.41. The number of rotatable bonds is 3. The monoisotopic (exact) mass is 237 g/mol. The molecule has 0 bridgehead atoms. The number of H-pyrrole nitrogens is 1. The van der Waals surface area contributed by atoms with E-state index in [0.717, 1.165) is 24.0 Å². The highest BCUT2D eigenvalue weighted by Crippen LogP contribution is 2.18. The van der Waals surface area contributed by atoms with E-state index in [1.54, 1.807) is 12.1 Å². The van der Waals surface area contributed by atoms with Gasteiger partial charge in [0.25, 0.3) is 0 Å². The van der Waals surface area contributed by atoms with Crippen molar-refractivity contribution in [3.05, 3.63) is 39.4 Å². The second kappa shape index (κ2) is 4.63. The zero-order valence-electron chi connectivity index (χ0n) is 8.88. The lowest BCUT2D eigenvalue weighted by molar-refractivity contribution is 0.775. The zero-order chi connectivity index (χ0) is 11.5. The van der Waals surface area contributed by atoms with Gasteiger partial charge in [-0.15, -0.1) is 0 Å². The summed E-state index contributed by atoms with van der Waals surface area (Å²) in [5.41, 5.74) is 1.20. The Morgan fingerprint density at radius 2 is 2.31 bits per heavy atom. The van der Waals surface area contributed by atoms with Crippen LogP contribution < -0.4 is 11.0 Å². The molecule has 84 valence electrons. The summed E-state index contributed by atoms with van der Waals surface area (Å²) in [7, 11) is 1.87. The molecule has 0 saturated heterocycles. The third-order valence-corrected chi connectivity index (χ3v) is 2.62. The molecule has 1 aromatic carbocycles. The third kappa shape index (κ3) is 2.23. The Morgan fingerprint density at radius 1 is 1.50 bits per heavy atom. The second-order valence-corrected chi connectivity index (χ2v) is 3.97. The molecule has 0 radical (unpaired) electrons. The first-order chi connectivity index (χ1) is 7.70. The predicted octanol–water partition coefficient (Wildman–Crippen LogP) is 1.34. The van der Waals surface area contributed by atoms with Crippen LogP contribution in [-0.2, 0) is 6.42 Å². The second-order valence-electron chi connectivity index (χ2n) is 3.54. The number of hydrogen-bond donors (Lipinski definition) is 2. The van der Waals surface area contributed by atoms with Crippen LogP contribution in [0.3, 0.4) is 0 Å². The number of nitrogens with zero attached hydrogens (tertiary/aromatic N) is 1. The van der Waals surface area contributed by atoms with Crippen molar-refractivity contribution >= 4 is 22.5 Å². The Morgan fingerprint density at radius 3 is 3.06 bits per heavy atom. The lowest BCUT2D eigenvalue weighted by atomic mass is 10.1. The highest BCUT2D eigenvalue weighted by atomic mass is 35.5. The summed E-state index contributed by atoms with van der Waals surface area (Å²) in [5.74, 6) is 0. The van der Waals surface area contributed by atoms with Crippen LogP contribution in [-0.4, -0.2) is 23.6 Å². The summed E-state index contributed by atoms with van der Waals surface area (Å²) in [6.45, 7) is 0.803. The van der Waals surface area contributed by atoms with Crippen molar-refractivity contribution in [3.63, 3.8) is 0 Å². The van der Waals surface area contributed by atoms with E-state index in [1.807, 2.05) is 13.1 Å². The molecule has 1 aromatic heterocycles. The molecular formula is C11H12ClN3O. The van der Waals surface area contributed by atoms with Crippen LogP contribution in [0.25, 0.3) is 10.9 Å². The Hall–Kier alpha value is -1.39.